The first-order chi connectivity index (χ1) is 15.6. The van der Waals surface area contributed by atoms with Gasteiger partial charge in [0.15, 0.2) is 5.65 Å². The van der Waals surface area contributed by atoms with Crippen LogP contribution in [0.25, 0.3) is 39.4 Å². The van der Waals surface area contributed by atoms with Gasteiger partial charge in [0.2, 0.25) is 0 Å². The lowest BCUT2D eigenvalue weighted by Crippen LogP contribution is -2.17. The van der Waals surface area contributed by atoms with E-state index in [1.165, 1.54) is 12.1 Å². The number of carbonyl (C=O) groups is 1. The number of nitrogens with one attached hydrogen (secondary N) is 1. The summed E-state index contributed by atoms with van der Waals surface area (Å²) in [6, 6.07) is 21.1. The Morgan fingerprint density at radius 2 is 1.75 bits per heavy atom. The smallest absolute Gasteiger partial charge is 0.251 e. The molecule has 2 aromatic carbocycles. The molecule has 0 unspecified atom stereocenters. The van der Waals surface area contributed by atoms with Crippen LogP contribution in [0.2, 0.25) is 0 Å². The highest BCUT2D eigenvalue weighted by Gasteiger charge is 2.18. The molecular weight excluding hydrogens is 405 g/mol. The Balaban J connectivity index is 1.72. The van der Waals surface area contributed by atoms with Crippen molar-refractivity contribution in [2.75, 3.05) is 7.05 Å². The summed E-state index contributed by atoms with van der Waals surface area (Å²) in [4.78, 5) is 21.4. The maximum absolute atomic E-state index is 13.8. The number of rotatable bonds is 4. The number of hydrogen-bond donors (Lipinski definition) is 1. The first-order valence-electron chi connectivity index (χ1n) is 10.0. The molecular formula is C25H18FN5O. The fourth-order valence-corrected chi connectivity index (χ4v) is 3.68. The summed E-state index contributed by atoms with van der Waals surface area (Å²) in [6.45, 7) is 0. The standard InChI is InChI=1S/C25H18FN5O/c1-27-25(32)19-7-2-6-17(13-19)23-24(31-22(30-23)9-4-11-29-31)18-10-12-28-21(15-18)16-5-3-8-20(26)14-16/h2-15H,1H3,(H,27,32). The fourth-order valence-electron chi connectivity index (χ4n) is 3.68. The summed E-state index contributed by atoms with van der Waals surface area (Å²) in [5.41, 5.74) is 5.58. The molecule has 0 aliphatic heterocycles. The number of nitrogens with zero attached hydrogens (tertiary/aromatic N) is 4. The molecule has 0 aliphatic rings. The van der Waals surface area contributed by atoms with E-state index in [2.05, 4.69) is 15.4 Å². The minimum atomic E-state index is -0.321. The lowest BCUT2D eigenvalue weighted by molar-refractivity contribution is 0.0963. The molecule has 3 aromatic heterocycles. The third kappa shape index (κ3) is 3.50. The quantitative estimate of drug-likeness (QED) is 0.458. The Labute approximate surface area is 183 Å². The van der Waals surface area contributed by atoms with Crippen LogP contribution >= 0.6 is 0 Å². The average molecular weight is 423 g/mol. The van der Waals surface area contributed by atoms with Gasteiger partial charge < -0.3 is 5.32 Å². The molecule has 1 N–H and O–H groups in total. The predicted octanol–water partition coefficient (Wildman–Crippen LogP) is 4.62. The molecule has 32 heavy (non-hydrogen) atoms. The second-order valence-corrected chi connectivity index (χ2v) is 7.20. The van der Waals surface area contributed by atoms with E-state index in [1.54, 1.807) is 42.2 Å². The van der Waals surface area contributed by atoms with Gasteiger partial charge in [0.25, 0.3) is 5.91 Å². The number of halogens is 1. The molecule has 1 amide bonds. The molecule has 6 nitrogen and oxygen atoms in total. The van der Waals surface area contributed by atoms with Crippen molar-refractivity contribution in [3.63, 3.8) is 0 Å². The molecule has 156 valence electrons. The highest BCUT2D eigenvalue weighted by atomic mass is 19.1. The van der Waals surface area contributed by atoms with Crippen molar-refractivity contribution in [1.29, 1.82) is 0 Å². The minimum absolute atomic E-state index is 0.174. The summed E-state index contributed by atoms with van der Waals surface area (Å²) in [6.07, 6.45) is 3.38. The number of carbonyl (C=O) groups excluding carboxylic acids is 1. The van der Waals surface area contributed by atoms with E-state index in [0.29, 0.717) is 28.2 Å². The lowest BCUT2D eigenvalue weighted by Gasteiger charge is -2.08. The van der Waals surface area contributed by atoms with Gasteiger partial charge in [0.05, 0.1) is 11.4 Å². The van der Waals surface area contributed by atoms with Gasteiger partial charge in [-0.1, -0.05) is 24.3 Å². The number of aromatic nitrogens is 4. The number of pyridine rings is 1. The van der Waals surface area contributed by atoms with Crippen LogP contribution in [-0.2, 0) is 0 Å². The SMILES string of the molecule is CNC(=O)c1cccc(-c2nc3cccnn3c2-c2ccnc(-c3cccc(F)c3)c2)c1. The fraction of sp³-hybridized carbons (Fsp3) is 0.0400. The number of hydrogen-bond acceptors (Lipinski definition) is 4. The molecule has 0 bridgehead atoms. The van der Waals surface area contributed by atoms with Crippen molar-refractivity contribution in [1.82, 2.24) is 24.9 Å². The molecule has 0 radical (unpaired) electrons. The van der Waals surface area contributed by atoms with E-state index in [0.717, 1.165) is 16.8 Å². The van der Waals surface area contributed by atoms with Crippen LogP contribution in [0.4, 0.5) is 4.39 Å². The Morgan fingerprint density at radius 1 is 0.906 bits per heavy atom. The largest absolute Gasteiger partial charge is 0.355 e. The van der Waals surface area contributed by atoms with Crippen LogP contribution < -0.4 is 5.32 Å². The Bertz CT molecular complexity index is 1460. The van der Waals surface area contributed by atoms with E-state index in [1.807, 2.05) is 42.5 Å². The van der Waals surface area contributed by atoms with Gasteiger partial charge in [0, 0.05) is 41.7 Å². The first-order valence-corrected chi connectivity index (χ1v) is 10.0. The topological polar surface area (TPSA) is 72.2 Å². The third-order valence-electron chi connectivity index (χ3n) is 5.17. The molecule has 0 spiro atoms. The molecule has 0 fully saturated rings. The maximum atomic E-state index is 13.8. The van der Waals surface area contributed by atoms with Gasteiger partial charge in [0.1, 0.15) is 11.5 Å². The van der Waals surface area contributed by atoms with E-state index in [4.69, 9.17) is 4.98 Å². The van der Waals surface area contributed by atoms with Crippen LogP contribution in [0, 0.1) is 5.82 Å². The van der Waals surface area contributed by atoms with Crippen molar-refractivity contribution in [3.05, 3.63) is 96.6 Å². The van der Waals surface area contributed by atoms with Crippen LogP contribution in [0.1, 0.15) is 10.4 Å². The first kappa shape index (κ1) is 19.6. The number of benzene rings is 2. The van der Waals surface area contributed by atoms with Crippen molar-refractivity contribution >= 4 is 11.6 Å². The summed E-state index contributed by atoms with van der Waals surface area (Å²) < 4.78 is 15.5. The van der Waals surface area contributed by atoms with Crippen LogP contribution in [0.3, 0.4) is 0 Å². The molecule has 5 rings (SSSR count). The second kappa shape index (κ2) is 8.03. The molecule has 7 heteroatoms. The van der Waals surface area contributed by atoms with Crippen molar-refractivity contribution in [2.45, 2.75) is 0 Å². The van der Waals surface area contributed by atoms with Gasteiger partial charge in [-0.25, -0.2) is 13.9 Å². The predicted molar refractivity (Wildman–Crippen MR) is 120 cm³/mol. The van der Waals surface area contributed by atoms with Gasteiger partial charge in [-0.05, 0) is 48.5 Å². The molecule has 3 heterocycles. The third-order valence-corrected chi connectivity index (χ3v) is 5.17. The normalized spacial score (nSPS) is 10.9. The van der Waals surface area contributed by atoms with E-state index >= 15 is 0 Å². The summed E-state index contributed by atoms with van der Waals surface area (Å²) in [5.74, 6) is -0.495. The van der Waals surface area contributed by atoms with Gasteiger partial charge in [-0.15, -0.1) is 0 Å². The summed E-state index contributed by atoms with van der Waals surface area (Å²) >= 11 is 0. The Kier molecular flexibility index (Phi) is 4.91. The monoisotopic (exact) mass is 423 g/mol. The second-order valence-electron chi connectivity index (χ2n) is 7.20. The zero-order valence-electron chi connectivity index (χ0n) is 17.2. The number of imidazole rings is 1. The molecule has 0 saturated carbocycles. The number of amides is 1. The molecule has 0 saturated heterocycles. The highest BCUT2D eigenvalue weighted by molar-refractivity contribution is 5.96. The van der Waals surface area contributed by atoms with Gasteiger partial charge in [-0.3, -0.25) is 9.78 Å². The van der Waals surface area contributed by atoms with Crippen molar-refractivity contribution in [2.24, 2.45) is 0 Å². The highest BCUT2D eigenvalue weighted by Crippen LogP contribution is 2.34. The zero-order chi connectivity index (χ0) is 22.1. The number of fused-ring (bicyclic) bond motifs is 1. The van der Waals surface area contributed by atoms with Crippen LogP contribution in [0.5, 0.6) is 0 Å². The minimum Gasteiger partial charge on any atom is -0.355 e. The molecule has 5 aromatic rings. The van der Waals surface area contributed by atoms with Crippen LogP contribution in [-0.4, -0.2) is 32.5 Å². The van der Waals surface area contributed by atoms with Crippen molar-refractivity contribution < 1.29 is 9.18 Å². The summed E-state index contributed by atoms with van der Waals surface area (Å²) in [5, 5.41) is 7.14. The van der Waals surface area contributed by atoms with E-state index in [-0.39, 0.29) is 11.7 Å². The lowest BCUT2D eigenvalue weighted by atomic mass is 10.0. The molecule has 0 aliphatic carbocycles. The van der Waals surface area contributed by atoms with Gasteiger partial charge >= 0.3 is 0 Å². The molecule has 0 atom stereocenters. The average Bonchev–Trinajstić information content (AvgIpc) is 3.23. The van der Waals surface area contributed by atoms with Crippen LogP contribution in [0.15, 0.2) is 85.2 Å². The van der Waals surface area contributed by atoms with E-state index in [9.17, 15) is 9.18 Å². The Morgan fingerprint density at radius 3 is 2.59 bits per heavy atom. The Hall–Kier alpha value is -4.39. The maximum Gasteiger partial charge on any atom is 0.251 e. The van der Waals surface area contributed by atoms with Crippen molar-refractivity contribution in [3.8, 4) is 33.8 Å². The van der Waals surface area contributed by atoms with E-state index < -0.39 is 0 Å². The zero-order valence-corrected chi connectivity index (χ0v) is 17.2. The van der Waals surface area contributed by atoms with Gasteiger partial charge in [-0.2, -0.15) is 5.10 Å². The summed E-state index contributed by atoms with van der Waals surface area (Å²) in [7, 11) is 1.60.